The normalized spacial score (nSPS) is 11.8. The Morgan fingerprint density at radius 2 is 1.67 bits per heavy atom. The fourth-order valence-corrected chi connectivity index (χ4v) is 1.58. The van der Waals surface area contributed by atoms with Crippen molar-refractivity contribution in [2.45, 2.75) is 6.04 Å². The van der Waals surface area contributed by atoms with Crippen molar-refractivity contribution in [2.75, 3.05) is 0 Å². The maximum atomic E-state index is 10.9. The molecule has 0 saturated heterocycles. The van der Waals surface area contributed by atoms with Crippen LogP contribution < -0.4 is 10.5 Å². The minimum atomic E-state index is -1.09. The molecule has 4 heteroatoms. The third kappa shape index (κ3) is 2.67. The van der Waals surface area contributed by atoms with Gasteiger partial charge in [0.25, 0.3) is 0 Å². The van der Waals surface area contributed by atoms with Gasteiger partial charge in [0, 0.05) is 5.56 Å². The number of carboxylic acids is 1. The highest BCUT2D eigenvalue weighted by atomic mass is 16.5. The molecule has 0 amide bonds. The van der Waals surface area contributed by atoms with Crippen LogP contribution >= 0.6 is 0 Å². The highest BCUT2D eigenvalue weighted by molar-refractivity contribution is 5.76. The number of para-hydroxylation sites is 2. The van der Waals surface area contributed by atoms with E-state index >= 15 is 0 Å². The van der Waals surface area contributed by atoms with Crippen molar-refractivity contribution in [3.05, 3.63) is 60.2 Å². The second-order valence-electron chi connectivity index (χ2n) is 3.77. The first-order valence-electron chi connectivity index (χ1n) is 5.48. The lowest BCUT2D eigenvalue weighted by atomic mass is 10.1. The number of carboxylic acid groups (broad SMARTS) is 1. The SMILES string of the molecule is NC(C(=O)O)c1ccccc1Oc1ccccc1. The number of rotatable bonds is 4. The van der Waals surface area contributed by atoms with Gasteiger partial charge in [-0.25, -0.2) is 0 Å². The summed E-state index contributed by atoms with van der Waals surface area (Å²) in [4.78, 5) is 10.9. The molecule has 0 fully saturated rings. The summed E-state index contributed by atoms with van der Waals surface area (Å²) in [5.74, 6) is 0.0141. The van der Waals surface area contributed by atoms with Gasteiger partial charge in [-0.1, -0.05) is 36.4 Å². The largest absolute Gasteiger partial charge is 0.480 e. The molecule has 0 bridgehead atoms. The second-order valence-corrected chi connectivity index (χ2v) is 3.77. The minimum absolute atomic E-state index is 0.453. The van der Waals surface area contributed by atoms with Gasteiger partial charge < -0.3 is 15.6 Å². The van der Waals surface area contributed by atoms with Crippen LogP contribution in [0.25, 0.3) is 0 Å². The topological polar surface area (TPSA) is 72.6 Å². The Kier molecular flexibility index (Phi) is 3.60. The van der Waals surface area contributed by atoms with E-state index in [9.17, 15) is 4.79 Å². The van der Waals surface area contributed by atoms with Crippen molar-refractivity contribution >= 4 is 5.97 Å². The van der Waals surface area contributed by atoms with Crippen LogP contribution in [0.3, 0.4) is 0 Å². The van der Waals surface area contributed by atoms with E-state index in [0.717, 1.165) is 0 Å². The van der Waals surface area contributed by atoms with Gasteiger partial charge in [-0.15, -0.1) is 0 Å². The fraction of sp³-hybridized carbons (Fsp3) is 0.0714. The zero-order valence-electron chi connectivity index (χ0n) is 9.61. The van der Waals surface area contributed by atoms with E-state index in [1.54, 1.807) is 36.4 Å². The van der Waals surface area contributed by atoms with Crippen molar-refractivity contribution in [2.24, 2.45) is 5.73 Å². The Labute approximate surface area is 105 Å². The molecule has 4 nitrogen and oxygen atoms in total. The third-order valence-corrected chi connectivity index (χ3v) is 2.49. The number of carbonyl (C=O) groups is 1. The van der Waals surface area contributed by atoms with E-state index in [4.69, 9.17) is 15.6 Å². The first kappa shape index (κ1) is 12.1. The molecular formula is C14H13NO3. The molecule has 2 rings (SSSR count). The van der Waals surface area contributed by atoms with E-state index in [1.807, 2.05) is 18.2 Å². The van der Waals surface area contributed by atoms with Gasteiger partial charge in [-0.2, -0.15) is 0 Å². The highest BCUT2D eigenvalue weighted by Gasteiger charge is 2.18. The van der Waals surface area contributed by atoms with Crippen molar-refractivity contribution in [3.63, 3.8) is 0 Å². The molecule has 92 valence electrons. The monoisotopic (exact) mass is 243 g/mol. The first-order valence-corrected chi connectivity index (χ1v) is 5.48. The van der Waals surface area contributed by atoms with Crippen LogP contribution in [-0.2, 0) is 4.79 Å². The fourth-order valence-electron chi connectivity index (χ4n) is 1.58. The Morgan fingerprint density at radius 1 is 1.06 bits per heavy atom. The molecule has 2 aromatic rings. The van der Waals surface area contributed by atoms with Crippen molar-refractivity contribution in [1.82, 2.24) is 0 Å². The van der Waals surface area contributed by atoms with Crippen molar-refractivity contribution in [3.8, 4) is 11.5 Å². The first-order chi connectivity index (χ1) is 8.68. The summed E-state index contributed by atoms with van der Waals surface area (Å²) in [5.41, 5.74) is 6.07. The molecule has 0 spiro atoms. The van der Waals surface area contributed by atoms with Crippen LogP contribution in [0.15, 0.2) is 54.6 Å². The molecule has 0 aliphatic heterocycles. The van der Waals surface area contributed by atoms with Crippen molar-refractivity contribution in [1.29, 1.82) is 0 Å². The van der Waals surface area contributed by atoms with Gasteiger partial charge in [-0.05, 0) is 18.2 Å². The van der Waals surface area contributed by atoms with Crippen LogP contribution in [0.2, 0.25) is 0 Å². The summed E-state index contributed by atoms with van der Waals surface area (Å²) in [6.45, 7) is 0. The van der Waals surface area contributed by atoms with E-state index in [2.05, 4.69) is 0 Å². The van der Waals surface area contributed by atoms with Gasteiger partial charge in [0.05, 0.1) is 0 Å². The summed E-state index contributed by atoms with van der Waals surface area (Å²) in [6.07, 6.45) is 0. The van der Waals surface area contributed by atoms with Crippen molar-refractivity contribution < 1.29 is 14.6 Å². The van der Waals surface area contributed by atoms with E-state index in [0.29, 0.717) is 17.1 Å². The number of nitrogens with two attached hydrogens (primary N) is 1. The second kappa shape index (κ2) is 5.33. The standard InChI is InChI=1S/C14H13NO3/c15-13(14(16)17)11-8-4-5-9-12(11)18-10-6-2-1-3-7-10/h1-9,13H,15H2,(H,16,17). The van der Waals surface area contributed by atoms with Gasteiger partial charge >= 0.3 is 5.97 Å². The molecule has 0 aliphatic rings. The van der Waals surface area contributed by atoms with Crippen LogP contribution in [0, 0.1) is 0 Å². The zero-order chi connectivity index (χ0) is 13.0. The maximum absolute atomic E-state index is 10.9. The predicted molar refractivity (Wildman–Crippen MR) is 67.5 cm³/mol. The van der Waals surface area contributed by atoms with E-state index in [-0.39, 0.29) is 0 Å². The smallest absolute Gasteiger partial charge is 0.325 e. The molecule has 0 aliphatic carbocycles. The van der Waals surface area contributed by atoms with Gasteiger partial charge in [0.1, 0.15) is 17.5 Å². The molecular weight excluding hydrogens is 230 g/mol. The Bertz CT molecular complexity index is 540. The van der Waals surface area contributed by atoms with Gasteiger partial charge in [0.2, 0.25) is 0 Å². The molecule has 2 aromatic carbocycles. The van der Waals surface area contributed by atoms with Gasteiger partial charge in [-0.3, -0.25) is 4.79 Å². The number of hydrogen-bond acceptors (Lipinski definition) is 3. The zero-order valence-corrected chi connectivity index (χ0v) is 9.61. The lowest BCUT2D eigenvalue weighted by Crippen LogP contribution is -2.21. The molecule has 0 radical (unpaired) electrons. The average molecular weight is 243 g/mol. The number of aliphatic carboxylic acids is 1. The molecule has 1 unspecified atom stereocenters. The van der Waals surface area contributed by atoms with Crippen LogP contribution in [0.1, 0.15) is 11.6 Å². The number of hydrogen-bond donors (Lipinski definition) is 2. The summed E-state index contributed by atoms with van der Waals surface area (Å²) in [6, 6.07) is 14.9. The number of benzene rings is 2. The lowest BCUT2D eigenvalue weighted by molar-refractivity contribution is -0.138. The highest BCUT2D eigenvalue weighted by Crippen LogP contribution is 2.28. The van der Waals surface area contributed by atoms with Crippen LogP contribution in [0.5, 0.6) is 11.5 Å². The molecule has 3 N–H and O–H groups in total. The summed E-state index contributed by atoms with van der Waals surface area (Å²) in [7, 11) is 0. The Hall–Kier alpha value is -2.33. The van der Waals surface area contributed by atoms with Gasteiger partial charge in [0.15, 0.2) is 0 Å². The predicted octanol–water partition coefficient (Wildman–Crippen LogP) is 2.56. The molecule has 18 heavy (non-hydrogen) atoms. The van der Waals surface area contributed by atoms with E-state index < -0.39 is 12.0 Å². The number of ether oxygens (including phenoxy) is 1. The summed E-state index contributed by atoms with van der Waals surface area (Å²) >= 11 is 0. The van der Waals surface area contributed by atoms with Crippen LogP contribution in [-0.4, -0.2) is 11.1 Å². The molecule has 1 atom stereocenters. The molecule has 0 saturated carbocycles. The lowest BCUT2D eigenvalue weighted by Gasteiger charge is -2.13. The summed E-state index contributed by atoms with van der Waals surface area (Å²) < 4.78 is 5.64. The van der Waals surface area contributed by atoms with Crippen LogP contribution in [0.4, 0.5) is 0 Å². The molecule has 0 heterocycles. The quantitative estimate of drug-likeness (QED) is 0.865. The van der Waals surface area contributed by atoms with E-state index in [1.165, 1.54) is 0 Å². The maximum Gasteiger partial charge on any atom is 0.325 e. The average Bonchev–Trinajstić information content (AvgIpc) is 2.39. The Balaban J connectivity index is 2.31. The Morgan fingerprint density at radius 3 is 2.33 bits per heavy atom. The minimum Gasteiger partial charge on any atom is -0.480 e. The summed E-state index contributed by atoms with van der Waals surface area (Å²) in [5, 5.41) is 8.95. The molecule has 0 aromatic heterocycles. The third-order valence-electron chi connectivity index (χ3n) is 2.49.